The van der Waals surface area contributed by atoms with Crippen molar-refractivity contribution in [3.63, 3.8) is 0 Å². The number of carbonyl (C=O) groups excluding carboxylic acids is 2. The van der Waals surface area contributed by atoms with E-state index in [2.05, 4.69) is 10.0 Å². The lowest BCUT2D eigenvalue weighted by Gasteiger charge is -2.27. The molecule has 0 fully saturated rings. The third-order valence-electron chi connectivity index (χ3n) is 1.97. The lowest BCUT2D eigenvalue weighted by molar-refractivity contribution is -0.147. The van der Waals surface area contributed by atoms with E-state index in [1.54, 1.807) is 41.5 Å². The first-order chi connectivity index (χ1) is 11.0. The van der Waals surface area contributed by atoms with E-state index in [1.165, 1.54) is 0 Å². The van der Waals surface area contributed by atoms with Gasteiger partial charge in [0.05, 0.1) is 19.8 Å². The van der Waals surface area contributed by atoms with Gasteiger partial charge in [-0.05, 0) is 47.1 Å². The summed E-state index contributed by atoms with van der Waals surface area (Å²) in [7, 11) is 0. The topological polar surface area (TPSA) is 123 Å². The molecule has 24 heavy (non-hydrogen) atoms. The number of rotatable bonds is 7. The summed E-state index contributed by atoms with van der Waals surface area (Å²) < 4.78 is 15.3. The standard InChI is InChI=1S/C14H26N4O6/c1-13(2,3)23-11(19)18(12(20)24-14(4,5)6)22-10-9-21-8-7-16-17-15/h7-10H2,1-6H3. The third-order valence-corrected chi connectivity index (χ3v) is 1.97. The Hall–Kier alpha value is -2.03. The number of carbonyl (C=O) groups is 2. The fourth-order valence-corrected chi connectivity index (χ4v) is 1.23. The smallest absolute Gasteiger partial charge is 0.442 e. The number of ether oxygens (including phenoxy) is 3. The van der Waals surface area contributed by atoms with Crippen molar-refractivity contribution in [2.45, 2.75) is 52.7 Å². The van der Waals surface area contributed by atoms with Gasteiger partial charge in [0, 0.05) is 11.5 Å². The second-order valence-corrected chi connectivity index (χ2v) is 6.66. The van der Waals surface area contributed by atoms with Crippen LogP contribution in [0.1, 0.15) is 41.5 Å². The summed E-state index contributed by atoms with van der Waals surface area (Å²) in [6, 6.07) is 0. The number of hydrogen-bond acceptors (Lipinski definition) is 7. The SMILES string of the molecule is CC(C)(C)OC(=O)N(OCCOCCN=[N+]=[N-])C(=O)OC(C)(C)C. The maximum Gasteiger partial charge on any atom is 0.444 e. The molecule has 0 atom stereocenters. The molecule has 0 bridgehead atoms. The van der Waals surface area contributed by atoms with Gasteiger partial charge in [0.25, 0.3) is 0 Å². The van der Waals surface area contributed by atoms with Gasteiger partial charge in [-0.2, -0.15) is 0 Å². The molecule has 0 rings (SSSR count). The van der Waals surface area contributed by atoms with Crippen molar-refractivity contribution >= 4 is 12.2 Å². The van der Waals surface area contributed by atoms with Crippen molar-refractivity contribution in [2.24, 2.45) is 5.11 Å². The Balaban J connectivity index is 4.60. The molecule has 0 N–H and O–H groups in total. The summed E-state index contributed by atoms with van der Waals surface area (Å²) in [5.41, 5.74) is 6.52. The Bertz CT molecular complexity index is 435. The normalized spacial score (nSPS) is 11.4. The first kappa shape index (κ1) is 22.0. The van der Waals surface area contributed by atoms with Crippen LogP contribution < -0.4 is 0 Å². The molecule has 0 radical (unpaired) electrons. The van der Waals surface area contributed by atoms with E-state index in [0.29, 0.717) is 5.06 Å². The molecule has 0 unspecified atom stereocenters. The molecule has 0 spiro atoms. The number of amides is 2. The van der Waals surface area contributed by atoms with Crippen molar-refractivity contribution in [1.82, 2.24) is 5.06 Å². The lowest BCUT2D eigenvalue weighted by atomic mass is 10.2. The molecule has 0 heterocycles. The van der Waals surface area contributed by atoms with Gasteiger partial charge in [0.1, 0.15) is 11.2 Å². The summed E-state index contributed by atoms with van der Waals surface area (Å²) in [5.74, 6) is 0. The molecular formula is C14H26N4O6. The second kappa shape index (κ2) is 9.96. The van der Waals surface area contributed by atoms with Gasteiger partial charge in [-0.15, -0.1) is 0 Å². The molecule has 0 aliphatic heterocycles. The van der Waals surface area contributed by atoms with Crippen LogP contribution in [0.5, 0.6) is 0 Å². The fourth-order valence-electron chi connectivity index (χ4n) is 1.23. The summed E-state index contributed by atoms with van der Waals surface area (Å²) in [6.07, 6.45) is -1.96. The van der Waals surface area contributed by atoms with E-state index < -0.39 is 23.4 Å². The first-order valence-electron chi connectivity index (χ1n) is 7.44. The van der Waals surface area contributed by atoms with Crippen LogP contribution in [0.15, 0.2) is 5.11 Å². The van der Waals surface area contributed by atoms with Crippen LogP contribution in [0, 0.1) is 0 Å². The zero-order chi connectivity index (χ0) is 18.8. The highest BCUT2D eigenvalue weighted by Gasteiger charge is 2.32. The molecule has 0 aromatic heterocycles. The Kier molecular flexibility index (Phi) is 9.12. The average molecular weight is 346 g/mol. The minimum Gasteiger partial charge on any atom is -0.442 e. The van der Waals surface area contributed by atoms with Crippen molar-refractivity contribution in [3.8, 4) is 0 Å². The van der Waals surface area contributed by atoms with Gasteiger partial charge in [-0.3, -0.25) is 4.84 Å². The van der Waals surface area contributed by atoms with Crippen LogP contribution in [-0.4, -0.2) is 54.8 Å². The van der Waals surface area contributed by atoms with Crippen molar-refractivity contribution < 1.29 is 28.6 Å². The van der Waals surface area contributed by atoms with Crippen molar-refractivity contribution in [1.29, 1.82) is 0 Å². The first-order valence-corrected chi connectivity index (χ1v) is 7.44. The Labute approximate surface area is 141 Å². The summed E-state index contributed by atoms with van der Waals surface area (Å²) in [4.78, 5) is 31.8. The molecule has 10 heteroatoms. The fraction of sp³-hybridized carbons (Fsp3) is 0.857. The van der Waals surface area contributed by atoms with Crippen LogP contribution in [0.25, 0.3) is 10.4 Å². The van der Waals surface area contributed by atoms with Gasteiger partial charge < -0.3 is 14.2 Å². The minimum absolute atomic E-state index is 0.0864. The van der Waals surface area contributed by atoms with Crippen LogP contribution >= 0.6 is 0 Å². The Morgan fingerprint density at radius 2 is 1.46 bits per heavy atom. The van der Waals surface area contributed by atoms with Gasteiger partial charge in [-0.25, -0.2) is 9.59 Å². The summed E-state index contributed by atoms with van der Waals surface area (Å²) in [5, 5.41) is 3.72. The van der Waals surface area contributed by atoms with Crippen LogP contribution in [-0.2, 0) is 19.0 Å². The van der Waals surface area contributed by atoms with E-state index in [-0.39, 0.29) is 26.4 Å². The van der Waals surface area contributed by atoms with E-state index in [9.17, 15) is 9.59 Å². The quantitative estimate of drug-likeness (QED) is 0.229. The van der Waals surface area contributed by atoms with Crippen LogP contribution in [0.4, 0.5) is 9.59 Å². The van der Waals surface area contributed by atoms with Gasteiger partial charge >= 0.3 is 12.2 Å². The Morgan fingerprint density at radius 3 is 1.88 bits per heavy atom. The molecule has 0 saturated carbocycles. The van der Waals surface area contributed by atoms with E-state index >= 15 is 0 Å². The number of azide groups is 1. The molecular weight excluding hydrogens is 320 g/mol. The third kappa shape index (κ3) is 11.5. The zero-order valence-corrected chi connectivity index (χ0v) is 15.1. The predicted molar refractivity (Wildman–Crippen MR) is 85.1 cm³/mol. The number of hydroxylamine groups is 2. The second-order valence-electron chi connectivity index (χ2n) is 6.66. The maximum absolute atomic E-state index is 12.1. The van der Waals surface area contributed by atoms with Gasteiger partial charge in [0.15, 0.2) is 0 Å². The molecule has 0 aliphatic rings. The van der Waals surface area contributed by atoms with E-state index in [0.717, 1.165) is 0 Å². The van der Waals surface area contributed by atoms with Crippen LogP contribution in [0.3, 0.4) is 0 Å². The highest BCUT2D eigenvalue weighted by molar-refractivity contribution is 5.86. The molecule has 10 nitrogen and oxygen atoms in total. The van der Waals surface area contributed by atoms with Gasteiger partial charge in [0.2, 0.25) is 0 Å². The van der Waals surface area contributed by atoms with Crippen molar-refractivity contribution in [3.05, 3.63) is 10.4 Å². The van der Waals surface area contributed by atoms with Gasteiger partial charge in [-0.1, -0.05) is 10.2 Å². The average Bonchev–Trinajstić information content (AvgIpc) is 2.37. The van der Waals surface area contributed by atoms with E-state index in [4.69, 9.17) is 24.6 Å². The Morgan fingerprint density at radius 1 is 0.958 bits per heavy atom. The lowest BCUT2D eigenvalue weighted by Crippen LogP contribution is -2.44. The highest BCUT2D eigenvalue weighted by atomic mass is 16.8. The van der Waals surface area contributed by atoms with Crippen LogP contribution in [0.2, 0.25) is 0 Å². The molecule has 2 amide bonds. The largest absolute Gasteiger partial charge is 0.444 e. The molecule has 0 saturated heterocycles. The minimum atomic E-state index is -0.981. The van der Waals surface area contributed by atoms with E-state index in [1.807, 2.05) is 0 Å². The maximum atomic E-state index is 12.1. The monoisotopic (exact) mass is 346 g/mol. The number of hydrogen-bond donors (Lipinski definition) is 0. The molecule has 138 valence electrons. The number of imide groups is 1. The highest BCUT2D eigenvalue weighted by Crippen LogP contribution is 2.14. The summed E-state index contributed by atoms with van der Waals surface area (Å²) in [6.45, 7) is 10.4. The zero-order valence-electron chi connectivity index (χ0n) is 15.1. The predicted octanol–water partition coefficient (Wildman–Crippen LogP) is 3.42. The van der Waals surface area contributed by atoms with Crippen molar-refractivity contribution in [2.75, 3.05) is 26.4 Å². The molecule has 0 aliphatic carbocycles. The number of nitrogens with zero attached hydrogens (tertiary/aromatic N) is 4. The summed E-state index contributed by atoms with van der Waals surface area (Å²) >= 11 is 0. The molecule has 0 aromatic rings. The molecule has 0 aromatic carbocycles.